The Hall–Kier alpha value is -1.12. The normalized spacial score (nSPS) is 11.5. The van der Waals surface area contributed by atoms with Crippen LogP contribution in [-0.4, -0.2) is 25.8 Å². The van der Waals surface area contributed by atoms with Gasteiger partial charge in [0.2, 0.25) is 0 Å². The molecule has 1 N–H and O–H groups in total. The minimum Gasteiger partial charge on any atom is -0.379 e. The molecule has 0 amide bonds. The fourth-order valence-electron chi connectivity index (χ4n) is 1.46. The first-order valence-corrected chi connectivity index (χ1v) is 6.33. The van der Waals surface area contributed by atoms with E-state index in [-0.39, 0.29) is 0 Å². The zero-order valence-electron chi connectivity index (χ0n) is 10.9. The van der Waals surface area contributed by atoms with Crippen molar-refractivity contribution in [3.63, 3.8) is 0 Å². The molecule has 0 aromatic heterocycles. The molecule has 0 heterocycles. The van der Waals surface area contributed by atoms with E-state index in [1.54, 1.807) is 0 Å². The van der Waals surface area contributed by atoms with E-state index in [2.05, 4.69) is 55.6 Å². The lowest BCUT2D eigenvalue weighted by Crippen LogP contribution is -2.17. The molecule has 1 aromatic rings. The van der Waals surface area contributed by atoms with Gasteiger partial charge in [0.05, 0.1) is 6.10 Å². The summed E-state index contributed by atoms with van der Waals surface area (Å²) in [4.78, 5) is 0. The highest BCUT2D eigenvalue weighted by molar-refractivity contribution is 5.48. The van der Waals surface area contributed by atoms with E-state index in [0.717, 1.165) is 26.1 Å². The molecule has 1 rings (SSSR count). The van der Waals surface area contributed by atoms with E-state index in [4.69, 9.17) is 4.74 Å². The van der Waals surface area contributed by atoms with E-state index in [1.165, 1.54) is 5.56 Å². The van der Waals surface area contributed by atoms with Crippen molar-refractivity contribution in [1.82, 2.24) is 5.32 Å². The second kappa shape index (κ2) is 8.97. The maximum atomic E-state index is 5.46. The molecule has 0 bridgehead atoms. The number of rotatable bonds is 8. The van der Waals surface area contributed by atoms with Gasteiger partial charge < -0.3 is 10.1 Å². The molecule has 0 atom stereocenters. The molecule has 2 heteroatoms. The highest BCUT2D eigenvalue weighted by atomic mass is 16.5. The van der Waals surface area contributed by atoms with Gasteiger partial charge in [-0.3, -0.25) is 0 Å². The number of ether oxygens (including phenoxy) is 1. The Bertz CT molecular complexity index is 306. The third-order valence-corrected chi connectivity index (χ3v) is 2.32. The third kappa shape index (κ3) is 7.72. The minimum atomic E-state index is 0.341. The predicted molar refractivity (Wildman–Crippen MR) is 74.1 cm³/mol. The lowest BCUT2D eigenvalue weighted by Gasteiger charge is -2.06. The topological polar surface area (TPSA) is 21.3 Å². The van der Waals surface area contributed by atoms with Crippen LogP contribution in [0.3, 0.4) is 0 Å². The summed E-state index contributed by atoms with van der Waals surface area (Å²) in [7, 11) is 0. The number of nitrogens with one attached hydrogen (secondary N) is 1. The second-order valence-electron chi connectivity index (χ2n) is 4.29. The fraction of sp³-hybridized carbons (Fsp3) is 0.467. The maximum absolute atomic E-state index is 5.46. The van der Waals surface area contributed by atoms with Gasteiger partial charge in [0.25, 0.3) is 0 Å². The smallest absolute Gasteiger partial charge is 0.0518 e. The van der Waals surface area contributed by atoms with E-state index >= 15 is 0 Å². The van der Waals surface area contributed by atoms with E-state index in [0.29, 0.717) is 6.10 Å². The van der Waals surface area contributed by atoms with Crippen LogP contribution in [0.1, 0.15) is 25.8 Å². The van der Waals surface area contributed by atoms with Crippen LogP contribution >= 0.6 is 0 Å². The molecule has 94 valence electrons. The summed E-state index contributed by atoms with van der Waals surface area (Å²) in [6.07, 6.45) is 5.70. The molecule has 0 aliphatic heterocycles. The standard InChI is InChI=1S/C15H23NO/c1-14(2)17-13-7-12-16-11-6-10-15-8-4-3-5-9-15/h3-6,8-10,14,16H,7,11-13H2,1-2H3/b10-6+. The first-order valence-electron chi connectivity index (χ1n) is 6.33. The van der Waals surface area contributed by atoms with Crippen molar-refractivity contribution in [1.29, 1.82) is 0 Å². The second-order valence-corrected chi connectivity index (χ2v) is 4.29. The summed E-state index contributed by atoms with van der Waals surface area (Å²) < 4.78 is 5.46. The Morgan fingerprint density at radius 2 is 2.00 bits per heavy atom. The number of benzene rings is 1. The van der Waals surface area contributed by atoms with E-state index in [1.807, 2.05) is 6.07 Å². The lowest BCUT2D eigenvalue weighted by molar-refractivity contribution is 0.0772. The quantitative estimate of drug-likeness (QED) is 0.697. The van der Waals surface area contributed by atoms with E-state index < -0.39 is 0 Å². The minimum absolute atomic E-state index is 0.341. The Morgan fingerprint density at radius 3 is 2.71 bits per heavy atom. The maximum Gasteiger partial charge on any atom is 0.0518 e. The average Bonchev–Trinajstić information content (AvgIpc) is 2.33. The Balaban J connectivity index is 1.99. The molecule has 0 saturated heterocycles. The summed E-state index contributed by atoms with van der Waals surface area (Å²) in [5.74, 6) is 0. The zero-order chi connectivity index (χ0) is 12.3. The molecule has 0 radical (unpaired) electrons. The van der Waals surface area contributed by atoms with Crippen molar-refractivity contribution < 1.29 is 4.74 Å². The summed E-state index contributed by atoms with van der Waals surface area (Å²) in [5, 5.41) is 3.36. The lowest BCUT2D eigenvalue weighted by atomic mass is 10.2. The van der Waals surface area contributed by atoms with Gasteiger partial charge in [0.15, 0.2) is 0 Å². The van der Waals surface area contributed by atoms with E-state index in [9.17, 15) is 0 Å². The molecule has 17 heavy (non-hydrogen) atoms. The van der Waals surface area contributed by atoms with Gasteiger partial charge in [-0.15, -0.1) is 0 Å². The highest BCUT2D eigenvalue weighted by Gasteiger charge is 1.91. The largest absolute Gasteiger partial charge is 0.379 e. The summed E-state index contributed by atoms with van der Waals surface area (Å²) in [6.45, 7) is 6.89. The average molecular weight is 233 g/mol. The number of hydrogen-bond donors (Lipinski definition) is 1. The first kappa shape index (κ1) is 13.9. The van der Waals surface area contributed by atoms with Crippen molar-refractivity contribution in [3.05, 3.63) is 42.0 Å². The molecule has 0 unspecified atom stereocenters. The SMILES string of the molecule is CC(C)OCCCNC/C=C/c1ccccc1. The van der Waals surface area contributed by atoms with Crippen LogP contribution in [0.4, 0.5) is 0 Å². The monoisotopic (exact) mass is 233 g/mol. The molecular weight excluding hydrogens is 210 g/mol. The van der Waals surface area contributed by atoms with Gasteiger partial charge in [0.1, 0.15) is 0 Å². The van der Waals surface area contributed by atoms with Gasteiger partial charge in [-0.1, -0.05) is 42.5 Å². The summed E-state index contributed by atoms with van der Waals surface area (Å²) in [6, 6.07) is 10.3. The van der Waals surface area contributed by atoms with Crippen LogP contribution in [0.5, 0.6) is 0 Å². The van der Waals surface area contributed by atoms with Gasteiger partial charge in [0, 0.05) is 13.2 Å². The third-order valence-electron chi connectivity index (χ3n) is 2.32. The Kier molecular flexibility index (Phi) is 7.35. The van der Waals surface area contributed by atoms with Crippen LogP contribution in [0, 0.1) is 0 Å². The van der Waals surface area contributed by atoms with Crippen LogP contribution in [0.2, 0.25) is 0 Å². The van der Waals surface area contributed by atoms with Gasteiger partial charge in [-0.05, 0) is 32.4 Å². The molecule has 2 nitrogen and oxygen atoms in total. The Morgan fingerprint density at radius 1 is 1.24 bits per heavy atom. The van der Waals surface area contributed by atoms with Crippen molar-refractivity contribution in [2.45, 2.75) is 26.4 Å². The molecule has 1 aromatic carbocycles. The van der Waals surface area contributed by atoms with Gasteiger partial charge >= 0.3 is 0 Å². The molecule has 0 fully saturated rings. The van der Waals surface area contributed by atoms with Gasteiger partial charge in [-0.2, -0.15) is 0 Å². The molecule has 0 spiro atoms. The fourth-order valence-corrected chi connectivity index (χ4v) is 1.46. The van der Waals surface area contributed by atoms with Crippen molar-refractivity contribution in [3.8, 4) is 0 Å². The Labute approximate surface area is 105 Å². The number of hydrogen-bond acceptors (Lipinski definition) is 2. The zero-order valence-corrected chi connectivity index (χ0v) is 10.9. The molecule has 0 aliphatic rings. The van der Waals surface area contributed by atoms with Crippen LogP contribution in [0.25, 0.3) is 6.08 Å². The molecular formula is C15H23NO. The summed E-state index contributed by atoms with van der Waals surface area (Å²) in [5.41, 5.74) is 1.25. The highest BCUT2D eigenvalue weighted by Crippen LogP contribution is 1.99. The van der Waals surface area contributed by atoms with Crippen LogP contribution in [-0.2, 0) is 4.74 Å². The van der Waals surface area contributed by atoms with Crippen LogP contribution in [0.15, 0.2) is 36.4 Å². The van der Waals surface area contributed by atoms with Crippen LogP contribution < -0.4 is 5.32 Å². The molecule has 0 saturated carbocycles. The van der Waals surface area contributed by atoms with Crippen molar-refractivity contribution >= 4 is 6.08 Å². The summed E-state index contributed by atoms with van der Waals surface area (Å²) >= 11 is 0. The first-order chi connectivity index (χ1) is 8.29. The van der Waals surface area contributed by atoms with Crippen molar-refractivity contribution in [2.75, 3.05) is 19.7 Å². The predicted octanol–water partition coefficient (Wildman–Crippen LogP) is 3.10. The van der Waals surface area contributed by atoms with Gasteiger partial charge in [-0.25, -0.2) is 0 Å². The molecule has 0 aliphatic carbocycles. The van der Waals surface area contributed by atoms with Crippen molar-refractivity contribution in [2.24, 2.45) is 0 Å².